The Morgan fingerprint density at radius 2 is 2.06 bits per heavy atom. The van der Waals surface area contributed by atoms with Gasteiger partial charge in [0.15, 0.2) is 0 Å². The van der Waals surface area contributed by atoms with Crippen LogP contribution in [0.4, 0.5) is 0 Å². The molecule has 0 spiro atoms. The second-order valence-electron chi connectivity index (χ2n) is 4.95. The minimum Gasteiger partial charge on any atom is -0.392 e. The molecular formula is C15H16ClNO. The maximum Gasteiger partial charge on any atom is 0.0753 e. The van der Waals surface area contributed by atoms with Gasteiger partial charge in [-0.25, -0.2) is 0 Å². The van der Waals surface area contributed by atoms with E-state index in [0.29, 0.717) is 0 Å². The normalized spacial score (nSPS) is 14.8. The molecule has 18 heavy (non-hydrogen) atoms. The maximum absolute atomic E-state index is 9.69. The highest BCUT2D eigenvalue weighted by atomic mass is 35.5. The number of aliphatic hydroxyl groups excluding tert-OH is 1. The van der Waals surface area contributed by atoms with Gasteiger partial charge in [-0.3, -0.25) is 4.98 Å². The fourth-order valence-corrected chi connectivity index (χ4v) is 3.03. The summed E-state index contributed by atoms with van der Waals surface area (Å²) in [4.78, 5) is 4.79. The van der Waals surface area contributed by atoms with Gasteiger partial charge in [0, 0.05) is 16.1 Å². The van der Waals surface area contributed by atoms with Gasteiger partial charge < -0.3 is 5.11 Å². The van der Waals surface area contributed by atoms with Gasteiger partial charge in [-0.05, 0) is 55.4 Å². The van der Waals surface area contributed by atoms with Crippen molar-refractivity contribution in [2.24, 2.45) is 0 Å². The first-order valence-electron chi connectivity index (χ1n) is 6.42. The molecule has 0 amide bonds. The van der Waals surface area contributed by atoms with Crippen LogP contribution < -0.4 is 0 Å². The molecule has 0 radical (unpaired) electrons. The Hall–Kier alpha value is -1.12. The molecule has 2 aromatic rings. The molecule has 1 N–H and O–H groups in total. The van der Waals surface area contributed by atoms with Crippen LogP contribution in [0.15, 0.2) is 12.1 Å². The molecule has 0 saturated carbocycles. The molecule has 1 aliphatic carbocycles. The first-order valence-corrected chi connectivity index (χ1v) is 6.80. The van der Waals surface area contributed by atoms with Crippen molar-refractivity contribution >= 4 is 22.5 Å². The Morgan fingerprint density at radius 1 is 1.28 bits per heavy atom. The molecule has 1 aliphatic rings. The lowest BCUT2D eigenvalue weighted by atomic mass is 9.89. The van der Waals surface area contributed by atoms with Gasteiger partial charge in [-0.2, -0.15) is 0 Å². The number of hydrogen-bond donors (Lipinski definition) is 1. The highest BCUT2D eigenvalue weighted by Gasteiger charge is 2.18. The summed E-state index contributed by atoms with van der Waals surface area (Å²) < 4.78 is 0. The van der Waals surface area contributed by atoms with Crippen LogP contribution in [0.1, 0.15) is 35.2 Å². The Morgan fingerprint density at radius 3 is 2.83 bits per heavy atom. The molecule has 0 bridgehead atoms. The summed E-state index contributed by atoms with van der Waals surface area (Å²) in [7, 11) is 0. The molecule has 1 aromatic carbocycles. The van der Waals surface area contributed by atoms with Crippen molar-refractivity contribution < 1.29 is 5.11 Å². The minimum atomic E-state index is 0.0857. The zero-order valence-electron chi connectivity index (χ0n) is 10.5. The maximum atomic E-state index is 9.69. The predicted molar refractivity (Wildman–Crippen MR) is 74.1 cm³/mol. The Kier molecular flexibility index (Phi) is 3.00. The van der Waals surface area contributed by atoms with Crippen molar-refractivity contribution in [1.29, 1.82) is 0 Å². The van der Waals surface area contributed by atoms with Crippen molar-refractivity contribution in [3.8, 4) is 0 Å². The molecule has 0 saturated heterocycles. The number of hydrogen-bond acceptors (Lipinski definition) is 2. The summed E-state index contributed by atoms with van der Waals surface area (Å²) >= 11 is 6.16. The molecule has 0 aliphatic heterocycles. The number of pyridine rings is 1. The summed E-state index contributed by atoms with van der Waals surface area (Å²) in [6, 6.07) is 3.88. The highest BCUT2D eigenvalue weighted by Crippen LogP contribution is 2.32. The number of aryl methyl sites for hydroxylation is 2. The van der Waals surface area contributed by atoms with Gasteiger partial charge in [0.1, 0.15) is 0 Å². The fourth-order valence-electron chi connectivity index (χ4n) is 2.88. The summed E-state index contributed by atoms with van der Waals surface area (Å²) in [6.45, 7) is 2.08. The van der Waals surface area contributed by atoms with Gasteiger partial charge in [-0.1, -0.05) is 17.7 Å². The van der Waals surface area contributed by atoms with Crippen LogP contribution in [0.5, 0.6) is 0 Å². The summed E-state index contributed by atoms with van der Waals surface area (Å²) in [5.74, 6) is 0. The number of rotatable bonds is 1. The Balaban J connectivity index is 2.40. The highest BCUT2D eigenvalue weighted by molar-refractivity contribution is 6.32. The van der Waals surface area contributed by atoms with E-state index in [4.69, 9.17) is 16.6 Å². The fraction of sp³-hybridized carbons (Fsp3) is 0.400. The van der Waals surface area contributed by atoms with Crippen molar-refractivity contribution in [3.63, 3.8) is 0 Å². The molecule has 3 rings (SSSR count). The van der Waals surface area contributed by atoms with E-state index >= 15 is 0 Å². The van der Waals surface area contributed by atoms with Gasteiger partial charge in [0.2, 0.25) is 0 Å². The molecule has 0 fully saturated rings. The van der Waals surface area contributed by atoms with Crippen molar-refractivity contribution in [2.75, 3.05) is 0 Å². The van der Waals surface area contributed by atoms with E-state index in [1.165, 1.54) is 18.4 Å². The quantitative estimate of drug-likeness (QED) is 0.851. The van der Waals surface area contributed by atoms with Crippen LogP contribution >= 0.6 is 11.6 Å². The Labute approximate surface area is 112 Å². The lowest BCUT2D eigenvalue weighted by Crippen LogP contribution is -2.10. The van der Waals surface area contributed by atoms with Crippen LogP contribution in [0.25, 0.3) is 10.9 Å². The molecule has 2 nitrogen and oxygen atoms in total. The number of nitrogens with zero attached hydrogens (tertiary/aromatic N) is 1. The largest absolute Gasteiger partial charge is 0.392 e. The third kappa shape index (κ3) is 1.72. The number of halogens is 1. The van der Waals surface area contributed by atoms with Gasteiger partial charge >= 0.3 is 0 Å². The molecule has 0 unspecified atom stereocenters. The third-order valence-corrected chi connectivity index (χ3v) is 4.31. The van der Waals surface area contributed by atoms with Crippen molar-refractivity contribution in [1.82, 2.24) is 4.98 Å². The molecule has 94 valence electrons. The van der Waals surface area contributed by atoms with Crippen LogP contribution in [-0.2, 0) is 19.4 Å². The molecule has 0 atom stereocenters. The standard InChI is InChI=1S/C15H16ClNO/c1-9-13(16)7-6-11-12(8-18)10-4-2-3-5-14(10)17-15(9)11/h6-7,18H,2-5,8H2,1H3. The van der Waals surface area contributed by atoms with E-state index in [1.807, 2.05) is 19.1 Å². The van der Waals surface area contributed by atoms with Crippen LogP contribution in [0.2, 0.25) is 5.02 Å². The minimum absolute atomic E-state index is 0.0857. The first kappa shape index (κ1) is 11.9. The number of fused-ring (bicyclic) bond motifs is 2. The molecular weight excluding hydrogens is 246 g/mol. The lowest BCUT2D eigenvalue weighted by molar-refractivity contribution is 0.281. The van der Waals surface area contributed by atoms with E-state index in [9.17, 15) is 5.11 Å². The third-order valence-electron chi connectivity index (χ3n) is 3.90. The van der Waals surface area contributed by atoms with E-state index in [0.717, 1.165) is 45.6 Å². The second kappa shape index (κ2) is 4.52. The van der Waals surface area contributed by atoms with E-state index in [-0.39, 0.29) is 6.61 Å². The SMILES string of the molecule is Cc1c(Cl)ccc2c(CO)c3c(nc12)CCCC3. The summed E-state index contributed by atoms with van der Waals surface area (Å²) in [6.07, 6.45) is 4.44. The van der Waals surface area contributed by atoms with Crippen molar-refractivity contribution in [2.45, 2.75) is 39.2 Å². The predicted octanol–water partition coefficient (Wildman–Crippen LogP) is 3.57. The molecule has 3 heteroatoms. The topological polar surface area (TPSA) is 33.1 Å². The van der Waals surface area contributed by atoms with E-state index < -0.39 is 0 Å². The first-order chi connectivity index (χ1) is 8.72. The zero-order chi connectivity index (χ0) is 12.7. The average Bonchev–Trinajstić information content (AvgIpc) is 2.41. The van der Waals surface area contributed by atoms with Crippen LogP contribution in [0, 0.1) is 6.92 Å². The monoisotopic (exact) mass is 261 g/mol. The smallest absolute Gasteiger partial charge is 0.0753 e. The van der Waals surface area contributed by atoms with E-state index in [2.05, 4.69) is 0 Å². The van der Waals surface area contributed by atoms with Gasteiger partial charge in [-0.15, -0.1) is 0 Å². The zero-order valence-corrected chi connectivity index (χ0v) is 11.2. The summed E-state index contributed by atoms with van der Waals surface area (Å²) in [5, 5.41) is 11.5. The van der Waals surface area contributed by atoms with Gasteiger partial charge in [0.05, 0.1) is 12.1 Å². The lowest BCUT2D eigenvalue weighted by Gasteiger charge is -2.20. The number of aromatic nitrogens is 1. The van der Waals surface area contributed by atoms with Crippen LogP contribution in [-0.4, -0.2) is 10.1 Å². The molecule has 1 aromatic heterocycles. The van der Waals surface area contributed by atoms with Crippen molar-refractivity contribution in [3.05, 3.63) is 39.5 Å². The summed E-state index contributed by atoms with van der Waals surface area (Å²) in [5.41, 5.74) is 5.43. The second-order valence-corrected chi connectivity index (χ2v) is 5.36. The average molecular weight is 262 g/mol. The Bertz CT molecular complexity index is 622. The van der Waals surface area contributed by atoms with Gasteiger partial charge in [0.25, 0.3) is 0 Å². The number of benzene rings is 1. The number of aliphatic hydroxyl groups is 1. The van der Waals surface area contributed by atoms with Crippen LogP contribution in [0.3, 0.4) is 0 Å². The van der Waals surface area contributed by atoms with E-state index in [1.54, 1.807) is 0 Å². The molecule has 1 heterocycles.